The van der Waals surface area contributed by atoms with Gasteiger partial charge in [0.05, 0.1) is 23.6 Å². The standard InChI is InChI=1S/C48H62N6O2/c1-5-9-25-53(26-10-6-2)45-29-17-13-21-33(49)37(29)41(38-30(45)18-14-22-34(38)50)43-47(55)44(48(43)56)42-39-31(19-15-23-35(39)51)46(32-20-16-24-36(52)40(32)42)54(27-11-7-3)28-12-8-4/h13-24,43-44,47-48,55-56H,5-12,25-28,49-52H2,1-4H3. The van der Waals surface area contributed by atoms with Crippen molar-refractivity contribution in [1.29, 1.82) is 0 Å². The topological polar surface area (TPSA) is 151 Å². The fourth-order valence-corrected chi connectivity index (χ4v) is 9.62. The summed E-state index contributed by atoms with van der Waals surface area (Å²) in [6.45, 7) is 12.5. The first kappa shape index (κ1) is 39.3. The normalized spacial score (nSPS) is 18.2. The molecule has 0 saturated heterocycles. The highest BCUT2D eigenvalue weighted by Crippen LogP contribution is 2.58. The van der Waals surface area contributed by atoms with Crippen molar-refractivity contribution >= 4 is 77.2 Å². The Morgan fingerprint density at radius 1 is 0.429 bits per heavy atom. The van der Waals surface area contributed by atoms with Crippen molar-refractivity contribution in [3.05, 3.63) is 83.9 Å². The van der Waals surface area contributed by atoms with Crippen LogP contribution in [-0.2, 0) is 0 Å². The van der Waals surface area contributed by atoms with E-state index in [-0.39, 0.29) is 0 Å². The summed E-state index contributed by atoms with van der Waals surface area (Å²) in [6.07, 6.45) is 6.59. The summed E-state index contributed by atoms with van der Waals surface area (Å²) in [5.74, 6) is -1.34. The Hall–Kier alpha value is -4.92. The van der Waals surface area contributed by atoms with Crippen molar-refractivity contribution < 1.29 is 10.2 Å². The summed E-state index contributed by atoms with van der Waals surface area (Å²) in [7, 11) is 0. The number of anilines is 6. The van der Waals surface area contributed by atoms with Crippen LogP contribution in [0.5, 0.6) is 0 Å². The summed E-state index contributed by atoms with van der Waals surface area (Å²) >= 11 is 0. The fourth-order valence-electron chi connectivity index (χ4n) is 9.62. The van der Waals surface area contributed by atoms with E-state index >= 15 is 0 Å². The number of unbranched alkanes of at least 4 members (excludes halogenated alkanes) is 4. The molecule has 296 valence electrons. The number of benzene rings is 6. The molecule has 0 bridgehead atoms. The highest BCUT2D eigenvalue weighted by atomic mass is 16.3. The monoisotopic (exact) mass is 754 g/mol. The minimum absolute atomic E-state index is 0.602. The number of hydrogen-bond donors (Lipinski definition) is 6. The van der Waals surface area contributed by atoms with Gasteiger partial charge in [-0.15, -0.1) is 0 Å². The number of aliphatic hydroxyl groups excluding tert-OH is 2. The van der Waals surface area contributed by atoms with E-state index in [0.29, 0.717) is 22.7 Å². The predicted octanol–water partition coefficient (Wildman–Crippen LogP) is 10.0. The third-order valence-electron chi connectivity index (χ3n) is 12.4. The largest absolute Gasteiger partial charge is 0.398 e. The molecule has 0 heterocycles. The highest BCUT2D eigenvalue weighted by molar-refractivity contribution is 6.21. The summed E-state index contributed by atoms with van der Waals surface area (Å²) < 4.78 is 0. The van der Waals surface area contributed by atoms with Gasteiger partial charge in [-0.05, 0) is 61.1 Å². The summed E-state index contributed by atoms with van der Waals surface area (Å²) in [4.78, 5) is 4.99. The van der Waals surface area contributed by atoms with Crippen LogP contribution in [0, 0.1) is 0 Å². The Balaban J connectivity index is 1.47. The lowest BCUT2D eigenvalue weighted by molar-refractivity contribution is -0.0765. The van der Waals surface area contributed by atoms with Crippen LogP contribution in [0.15, 0.2) is 72.8 Å². The molecule has 0 aliphatic heterocycles. The summed E-state index contributed by atoms with van der Waals surface area (Å²) in [6, 6.07) is 24.2. The van der Waals surface area contributed by atoms with Crippen LogP contribution in [0.3, 0.4) is 0 Å². The van der Waals surface area contributed by atoms with E-state index < -0.39 is 24.0 Å². The molecule has 8 nitrogen and oxygen atoms in total. The van der Waals surface area contributed by atoms with Crippen molar-refractivity contribution in [3.8, 4) is 0 Å². The molecule has 10 N–H and O–H groups in total. The van der Waals surface area contributed by atoms with Gasteiger partial charge >= 0.3 is 0 Å². The molecular formula is C48H62N6O2. The van der Waals surface area contributed by atoms with Gasteiger partial charge in [0.25, 0.3) is 0 Å². The zero-order chi connectivity index (χ0) is 39.7. The fraction of sp³-hybridized carbons (Fsp3) is 0.417. The molecule has 0 aromatic heterocycles. The first-order valence-corrected chi connectivity index (χ1v) is 21.1. The van der Waals surface area contributed by atoms with Gasteiger partial charge in [0.15, 0.2) is 0 Å². The van der Waals surface area contributed by atoms with Gasteiger partial charge in [-0.2, -0.15) is 0 Å². The minimum Gasteiger partial charge on any atom is -0.398 e. The minimum atomic E-state index is -0.981. The summed E-state index contributed by atoms with van der Waals surface area (Å²) in [5.41, 5.74) is 34.1. The predicted molar refractivity (Wildman–Crippen MR) is 242 cm³/mol. The molecule has 8 heteroatoms. The highest BCUT2D eigenvalue weighted by Gasteiger charge is 2.53. The van der Waals surface area contributed by atoms with Crippen molar-refractivity contribution in [1.82, 2.24) is 0 Å². The molecule has 1 fully saturated rings. The van der Waals surface area contributed by atoms with E-state index in [2.05, 4.69) is 61.8 Å². The molecular weight excluding hydrogens is 693 g/mol. The second kappa shape index (κ2) is 16.7. The second-order valence-electron chi connectivity index (χ2n) is 16.0. The van der Waals surface area contributed by atoms with Gasteiger partial charge in [-0.25, -0.2) is 0 Å². The lowest BCUT2D eigenvalue weighted by Crippen LogP contribution is -2.52. The zero-order valence-corrected chi connectivity index (χ0v) is 33.8. The van der Waals surface area contributed by atoms with Crippen LogP contribution in [0.4, 0.5) is 34.1 Å². The number of nitrogen functional groups attached to an aromatic ring is 4. The molecule has 6 aromatic carbocycles. The van der Waals surface area contributed by atoms with Crippen molar-refractivity contribution in [2.75, 3.05) is 58.9 Å². The Kier molecular flexibility index (Phi) is 11.7. The van der Waals surface area contributed by atoms with Crippen molar-refractivity contribution in [2.24, 2.45) is 0 Å². The van der Waals surface area contributed by atoms with E-state index in [1.807, 2.05) is 48.5 Å². The molecule has 0 atom stereocenters. The maximum atomic E-state index is 12.7. The van der Waals surface area contributed by atoms with Crippen LogP contribution in [0.1, 0.15) is 102 Å². The molecule has 0 amide bonds. The van der Waals surface area contributed by atoms with Gasteiger partial charge in [0.1, 0.15) is 0 Å². The van der Waals surface area contributed by atoms with E-state index in [4.69, 9.17) is 22.9 Å². The lowest BCUT2D eigenvalue weighted by Gasteiger charge is -2.49. The molecule has 0 spiro atoms. The first-order chi connectivity index (χ1) is 27.2. The zero-order valence-electron chi connectivity index (χ0n) is 33.8. The molecule has 1 aliphatic carbocycles. The van der Waals surface area contributed by atoms with Crippen LogP contribution in [-0.4, -0.2) is 48.6 Å². The van der Waals surface area contributed by atoms with Crippen molar-refractivity contribution in [3.63, 3.8) is 0 Å². The van der Waals surface area contributed by atoms with Crippen LogP contribution >= 0.6 is 0 Å². The molecule has 0 unspecified atom stereocenters. The number of nitrogens with zero attached hydrogens (tertiary/aromatic N) is 2. The molecule has 56 heavy (non-hydrogen) atoms. The Morgan fingerprint density at radius 3 is 0.911 bits per heavy atom. The van der Waals surface area contributed by atoms with E-state index in [0.717, 1.165) is 143 Å². The van der Waals surface area contributed by atoms with Gasteiger partial charge < -0.3 is 42.9 Å². The van der Waals surface area contributed by atoms with Crippen LogP contribution < -0.4 is 32.7 Å². The van der Waals surface area contributed by atoms with Crippen molar-refractivity contribution in [2.45, 2.75) is 103 Å². The SMILES string of the molecule is CCCCN(CCCC)c1c2cccc(N)c2c(C2C(O)C(c3c4c(N)cccc4c(N(CCCC)CCCC)c4cccc(N)c34)C2O)c2c(N)cccc12. The molecule has 1 aliphatic rings. The number of fused-ring (bicyclic) bond motifs is 4. The van der Waals surface area contributed by atoms with Gasteiger partial charge in [-0.3, -0.25) is 0 Å². The smallest absolute Gasteiger partial charge is 0.0728 e. The number of aliphatic hydroxyl groups is 2. The Bertz CT molecular complexity index is 2040. The average molecular weight is 755 g/mol. The maximum Gasteiger partial charge on any atom is 0.0728 e. The number of hydrogen-bond acceptors (Lipinski definition) is 8. The number of nitrogens with two attached hydrogens (primary N) is 4. The molecule has 1 saturated carbocycles. The lowest BCUT2D eigenvalue weighted by atomic mass is 9.60. The summed E-state index contributed by atoms with van der Waals surface area (Å²) in [5, 5.41) is 32.9. The number of rotatable bonds is 16. The van der Waals surface area contributed by atoms with E-state index in [1.165, 1.54) is 0 Å². The maximum absolute atomic E-state index is 12.7. The molecule has 6 aromatic rings. The van der Waals surface area contributed by atoms with Crippen LogP contribution in [0.25, 0.3) is 43.1 Å². The second-order valence-corrected chi connectivity index (χ2v) is 16.0. The van der Waals surface area contributed by atoms with Crippen LogP contribution in [0.2, 0.25) is 0 Å². The molecule has 7 rings (SSSR count). The first-order valence-electron chi connectivity index (χ1n) is 21.1. The van der Waals surface area contributed by atoms with E-state index in [1.54, 1.807) is 0 Å². The van der Waals surface area contributed by atoms with Gasteiger partial charge in [0.2, 0.25) is 0 Å². The van der Waals surface area contributed by atoms with Gasteiger partial charge in [-0.1, -0.05) is 102 Å². The molecule has 0 radical (unpaired) electrons. The Labute approximate surface area is 332 Å². The Morgan fingerprint density at radius 2 is 0.679 bits per heavy atom. The third kappa shape index (κ3) is 6.60. The van der Waals surface area contributed by atoms with E-state index in [9.17, 15) is 10.2 Å². The van der Waals surface area contributed by atoms with Gasteiger partial charge in [0, 0.05) is 104 Å². The third-order valence-corrected chi connectivity index (χ3v) is 12.4. The quantitative estimate of drug-likeness (QED) is 0.0422. The average Bonchev–Trinajstić information content (AvgIpc) is 3.19.